The summed E-state index contributed by atoms with van der Waals surface area (Å²) in [6.07, 6.45) is 0.973. The molecule has 23 heavy (non-hydrogen) atoms. The fourth-order valence-corrected chi connectivity index (χ4v) is 5.36. The first-order valence-electron chi connectivity index (χ1n) is 7.88. The van der Waals surface area contributed by atoms with Crippen molar-refractivity contribution in [3.8, 4) is 11.1 Å². The molecule has 0 spiro atoms. The molecule has 4 aromatic carbocycles. The van der Waals surface area contributed by atoms with Crippen molar-refractivity contribution < 1.29 is 0 Å². The Hall–Kier alpha value is -2.11. The Kier molecular flexibility index (Phi) is 2.87. The molecule has 106 valence electrons. The molecule has 0 saturated heterocycles. The molecule has 0 N–H and O–H groups in total. The highest BCUT2D eigenvalue weighted by Gasteiger charge is 2.24. The van der Waals surface area contributed by atoms with Gasteiger partial charge in [-0.3, -0.25) is 0 Å². The molecular formula is C21H14BP. The summed E-state index contributed by atoms with van der Waals surface area (Å²) >= 11 is 0. The Balaban J connectivity index is 2.01. The van der Waals surface area contributed by atoms with Crippen LogP contribution in [0.1, 0.15) is 5.56 Å². The van der Waals surface area contributed by atoms with Gasteiger partial charge >= 0.3 is 0 Å². The van der Waals surface area contributed by atoms with Gasteiger partial charge in [0.25, 0.3) is 0 Å². The van der Waals surface area contributed by atoms with E-state index >= 15 is 0 Å². The van der Waals surface area contributed by atoms with E-state index in [-0.39, 0.29) is 0 Å². The van der Waals surface area contributed by atoms with Crippen LogP contribution in [-0.4, -0.2) is 7.57 Å². The molecule has 0 aromatic heterocycles. The summed E-state index contributed by atoms with van der Waals surface area (Å²) in [4.78, 5) is 0. The van der Waals surface area contributed by atoms with Gasteiger partial charge in [-0.2, -0.15) is 0 Å². The van der Waals surface area contributed by atoms with E-state index in [1.54, 1.807) is 0 Å². The zero-order valence-corrected chi connectivity index (χ0v) is 13.6. The summed E-state index contributed by atoms with van der Waals surface area (Å²) in [6, 6.07) is 26.3. The van der Waals surface area contributed by atoms with Gasteiger partial charge in [0, 0.05) is 0 Å². The maximum Gasteiger partial charge on any atom is 0.115 e. The van der Waals surface area contributed by atoms with Crippen molar-refractivity contribution in [3.63, 3.8) is 0 Å². The molecule has 0 saturated carbocycles. The smallest absolute Gasteiger partial charge is 0.115 e. The molecule has 0 fully saturated rings. The van der Waals surface area contributed by atoms with Gasteiger partial charge in [0.2, 0.25) is 0 Å². The van der Waals surface area contributed by atoms with Crippen molar-refractivity contribution in [3.05, 3.63) is 78.4 Å². The molecular weight excluding hydrogens is 294 g/mol. The van der Waals surface area contributed by atoms with Crippen LogP contribution in [0, 0.1) is 0 Å². The summed E-state index contributed by atoms with van der Waals surface area (Å²) in [5.74, 6) is 0. The van der Waals surface area contributed by atoms with E-state index in [2.05, 4.69) is 72.8 Å². The predicted octanol–water partition coefficient (Wildman–Crippen LogP) is 5.36. The minimum atomic E-state index is -0.623. The first kappa shape index (κ1) is 13.3. The van der Waals surface area contributed by atoms with E-state index in [4.69, 9.17) is 7.57 Å². The molecule has 1 unspecified atom stereocenters. The van der Waals surface area contributed by atoms with Gasteiger partial charge in [0.15, 0.2) is 0 Å². The largest absolute Gasteiger partial charge is 0.121 e. The maximum absolute atomic E-state index is 6.56. The highest BCUT2D eigenvalue weighted by molar-refractivity contribution is 7.88. The molecule has 4 aromatic rings. The summed E-state index contributed by atoms with van der Waals surface area (Å²) in [6.45, 7) is 0. The zero-order chi connectivity index (χ0) is 15.4. The highest BCUT2D eigenvalue weighted by Crippen LogP contribution is 2.49. The second kappa shape index (κ2) is 4.95. The van der Waals surface area contributed by atoms with Crippen LogP contribution >= 0.6 is 7.80 Å². The molecule has 0 nitrogen and oxygen atoms in total. The monoisotopic (exact) mass is 308 g/mol. The minimum Gasteiger partial charge on any atom is -0.121 e. The first-order valence-corrected chi connectivity index (χ1v) is 9.47. The Labute approximate surface area is 138 Å². The summed E-state index contributed by atoms with van der Waals surface area (Å²) in [5, 5.41) is 6.58. The van der Waals surface area contributed by atoms with Crippen LogP contribution in [0.3, 0.4) is 0 Å². The van der Waals surface area contributed by atoms with E-state index in [9.17, 15) is 0 Å². The van der Waals surface area contributed by atoms with E-state index in [0.29, 0.717) is 0 Å². The van der Waals surface area contributed by atoms with Crippen LogP contribution in [0.5, 0.6) is 0 Å². The fraction of sp³-hybridized carbons (Fsp3) is 0.0476. The van der Waals surface area contributed by atoms with Crippen molar-refractivity contribution in [1.82, 2.24) is 0 Å². The summed E-state index contributed by atoms with van der Waals surface area (Å²) < 4.78 is 0. The van der Waals surface area contributed by atoms with Crippen molar-refractivity contribution in [1.29, 1.82) is 0 Å². The molecule has 1 aliphatic heterocycles. The Bertz CT molecular complexity index is 1070. The minimum absolute atomic E-state index is 0.623. The van der Waals surface area contributed by atoms with Gasteiger partial charge < -0.3 is 0 Å². The van der Waals surface area contributed by atoms with Crippen LogP contribution in [0.15, 0.2) is 72.8 Å². The number of benzene rings is 4. The molecule has 5 rings (SSSR count). The topological polar surface area (TPSA) is 0 Å². The van der Waals surface area contributed by atoms with E-state index < -0.39 is 7.80 Å². The van der Waals surface area contributed by atoms with Crippen molar-refractivity contribution in [2.45, 2.75) is 6.16 Å². The van der Waals surface area contributed by atoms with Crippen molar-refractivity contribution in [2.24, 2.45) is 0 Å². The number of rotatable bonds is 0. The van der Waals surface area contributed by atoms with Gasteiger partial charge in [-0.1, -0.05) is 72.8 Å². The molecule has 1 atom stereocenters. The maximum atomic E-state index is 6.56. The Morgan fingerprint density at radius 1 is 0.652 bits per heavy atom. The average molecular weight is 308 g/mol. The van der Waals surface area contributed by atoms with Gasteiger partial charge in [-0.15, -0.1) is 7.80 Å². The SMILES string of the molecule is [B]P1Cc2ccc3ccccc3c2-c2c1ccc1ccccc21. The van der Waals surface area contributed by atoms with Crippen LogP contribution in [-0.2, 0) is 6.16 Å². The molecule has 2 heteroatoms. The Morgan fingerprint density at radius 3 is 2.00 bits per heavy atom. The van der Waals surface area contributed by atoms with Crippen LogP contribution in [0.25, 0.3) is 32.7 Å². The van der Waals surface area contributed by atoms with Crippen molar-refractivity contribution >= 4 is 42.2 Å². The van der Waals surface area contributed by atoms with Gasteiger partial charge in [-0.05, 0) is 49.7 Å². The van der Waals surface area contributed by atoms with Gasteiger partial charge in [0.1, 0.15) is 7.57 Å². The van der Waals surface area contributed by atoms with Crippen molar-refractivity contribution in [2.75, 3.05) is 0 Å². The quantitative estimate of drug-likeness (QED) is 0.303. The lowest BCUT2D eigenvalue weighted by Gasteiger charge is -2.28. The van der Waals surface area contributed by atoms with E-state index in [1.165, 1.54) is 43.5 Å². The van der Waals surface area contributed by atoms with Crippen LogP contribution in [0.4, 0.5) is 0 Å². The number of hydrogen-bond donors (Lipinski definition) is 0. The molecule has 1 aliphatic rings. The number of hydrogen-bond acceptors (Lipinski definition) is 0. The third-order valence-corrected chi connectivity index (χ3v) is 6.50. The predicted molar refractivity (Wildman–Crippen MR) is 103 cm³/mol. The lowest BCUT2D eigenvalue weighted by molar-refractivity contribution is 1.42. The van der Waals surface area contributed by atoms with E-state index in [0.717, 1.165) is 6.16 Å². The zero-order valence-electron chi connectivity index (χ0n) is 12.7. The van der Waals surface area contributed by atoms with Gasteiger partial charge in [-0.25, -0.2) is 0 Å². The molecule has 1 heterocycles. The summed E-state index contributed by atoms with van der Waals surface area (Å²) in [5.41, 5.74) is 4.13. The highest BCUT2D eigenvalue weighted by atomic mass is 31.1. The third-order valence-electron chi connectivity index (χ3n) is 4.82. The normalized spacial score (nSPS) is 16.3. The molecule has 0 amide bonds. The summed E-state index contributed by atoms with van der Waals surface area (Å²) in [7, 11) is 5.94. The number of fused-ring (bicyclic) bond motifs is 7. The second-order valence-corrected chi connectivity index (χ2v) is 7.87. The van der Waals surface area contributed by atoms with Crippen LogP contribution in [0.2, 0.25) is 0 Å². The molecule has 0 bridgehead atoms. The lowest BCUT2D eigenvalue weighted by atomic mass is 9.90. The molecule has 0 aliphatic carbocycles. The van der Waals surface area contributed by atoms with E-state index in [1.807, 2.05) is 0 Å². The first-order chi connectivity index (χ1) is 11.3. The second-order valence-electron chi connectivity index (χ2n) is 6.13. The van der Waals surface area contributed by atoms with Crippen LogP contribution < -0.4 is 5.30 Å². The third kappa shape index (κ3) is 1.90. The lowest BCUT2D eigenvalue weighted by Crippen LogP contribution is -2.13. The molecule has 2 radical (unpaired) electrons. The Morgan fingerprint density at radius 2 is 1.26 bits per heavy atom. The van der Waals surface area contributed by atoms with Gasteiger partial charge in [0.05, 0.1) is 0 Å². The standard InChI is InChI=1S/C21H14BP/c22-23-13-16-10-9-14-5-1-3-7-17(14)20(16)21-18-8-4-2-6-15(18)11-12-19(21)23/h1-12H,13H2. The average Bonchev–Trinajstić information content (AvgIpc) is 2.61. The fourth-order valence-electron chi connectivity index (χ4n) is 3.77.